The molecule has 24 heavy (non-hydrogen) atoms. The van der Waals surface area contributed by atoms with E-state index < -0.39 is 0 Å². The number of nitrogens with one attached hydrogen (secondary N) is 1. The van der Waals surface area contributed by atoms with Gasteiger partial charge in [0.1, 0.15) is 0 Å². The van der Waals surface area contributed by atoms with E-state index in [1.165, 1.54) is 10.9 Å². The van der Waals surface area contributed by atoms with Crippen LogP contribution >= 0.6 is 0 Å². The van der Waals surface area contributed by atoms with Gasteiger partial charge in [-0.1, -0.05) is 11.3 Å². The molecule has 0 saturated carbocycles. The van der Waals surface area contributed by atoms with Gasteiger partial charge in [-0.3, -0.25) is 9.48 Å². The number of H-pyrrole nitrogens is 1. The predicted octanol–water partition coefficient (Wildman–Crippen LogP) is 2.38. The van der Waals surface area contributed by atoms with Crippen LogP contribution in [0.25, 0.3) is 10.9 Å². The largest absolute Gasteiger partial charge is 0.361 e. The minimum Gasteiger partial charge on any atom is -0.361 e. The number of carbonyl (C=O) groups excluding carboxylic acids is 1. The number of aromatic nitrogens is 4. The monoisotopic (exact) mass is 323 g/mol. The fraction of sp³-hybridized carbons (Fsp3) is 0.389. The average molecular weight is 323 g/mol. The molecule has 1 N–H and O–H groups in total. The summed E-state index contributed by atoms with van der Waals surface area (Å²) in [5, 5.41) is 9.05. The molecule has 0 aliphatic carbocycles. The molecular weight excluding hydrogens is 302 g/mol. The van der Waals surface area contributed by atoms with Gasteiger partial charge in [-0.2, -0.15) is 0 Å². The van der Waals surface area contributed by atoms with Gasteiger partial charge in [0.2, 0.25) is 5.91 Å². The van der Waals surface area contributed by atoms with Crippen LogP contribution in [0.3, 0.4) is 0 Å². The summed E-state index contributed by atoms with van der Waals surface area (Å²) in [6.07, 6.45) is 8.93. The van der Waals surface area contributed by atoms with Crippen molar-refractivity contribution < 1.29 is 4.79 Å². The molecule has 1 aromatic carbocycles. The van der Waals surface area contributed by atoms with Crippen molar-refractivity contribution in [3.8, 4) is 0 Å². The van der Waals surface area contributed by atoms with Crippen molar-refractivity contribution in [2.24, 2.45) is 0 Å². The third-order valence-corrected chi connectivity index (χ3v) is 4.81. The van der Waals surface area contributed by atoms with Gasteiger partial charge < -0.3 is 9.88 Å². The van der Waals surface area contributed by atoms with Crippen LogP contribution in [0.2, 0.25) is 0 Å². The second kappa shape index (κ2) is 6.47. The van der Waals surface area contributed by atoms with Gasteiger partial charge in [-0.25, -0.2) is 0 Å². The number of likely N-dealkylation sites (tertiary alicyclic amines) is 1. The maximum atomic E-state index is 12.6. The standard InChI is InChI=1S/C18H21N5O/c24-18(6-4-14-3-5-17-15(12-14)7-8-19-17)23-10-1-2-16(23)13-22-11-9-20-21-22/h3,5,7-9,11-12,16,19H,1-2,4,6,10,13H2/t16-/m0/s1. The number of amides is 1. The average Bonchev–Trinajstić information content (AvgIpc) is 3.34. The minimum atomic E-state index is 0.242. The number of carbonyl (C=O) groups is 1. The van der Waals surface area contributed by atoms with E-state index in [1.54, 1.807) is 6.20 Å². The number of rotatable bonds is 5. The van der Waals surface area contributed by atoms with E-state index in [0.29, 0.717) is 6.42 Å². The first-order valence-corrected chi connectivity index (χ1v) is 8.49. The van der Waals surface area contributed by atoms with Crippen LogP contribution < -0.4 is 0 Å². The molecule has 1 amide bonds. The fourth-order valence-electron chi connectivity index (χ4n) is 3.55. The van der Waals surface area contributed by atoms with Gasteiger partial charge in [0.05, 0.1) is 18.8 Å². The number of aryl methyl sites for hydroxylation is 1. The minimum absolute atomic E-state index is 0.242. The Morgan fingerprint density at radius 3 is 3.17 bits per heavy atom. The number of fused-ring (bicyclic) bond motifs is 1. The summed E-state index contributed by atoms with van der Waals surface area (Å²) in [7, 11) is 0. The molecule has 0 radical (unpaired) electrons. The molecule has 1 aliphatic rings. The van der Waals surface area contributed by atoms with Crippen LogP contribution in [0.4, 0.5) is 0 Å². The molecule has 2 aromatic heterocycles. The van der Waals surface area contributed by atoms with Crippen molar-refractivity contribution in [2.75, 3.05) is 6.54 Å². The molecule has 1 fully saturated rings. The van der Waals surface area contributed by atoms with E-state index >= 15 is 0 Å². The maximum absolute atomic E-state index is 12.6. The number of hydrogen-bond donors (Lipinski definition) is 1. The summed E-state index contributed by atoms with van der Waals surface area (Å²) in [6, 6.07) is 8.65. The molecular formula is C18H21N5O. The third kappa shape index (κ3) is 3.04. The smallest absolute Gasteiger partial charge is 0.223 e. The van der Waals surface area contributed by atoms with Crippen molar-refractivity contribution in [3.05, 3.63) is 48.4 Å². The second-order valence-electron chi connectivity index (χ2n) is 6.41. The van der Waals surface area contributed by atoms with Gasteiger partial charge >= 0.3 is 0 Å². The molecule has 3 aromatic rings. The Balaban J connectivity index is 1.37. The lowest BCUT2D eigenvalue weighted by Gasteiger charge is -2.24. The molecule has 0 unspecified atom stereocenters. The molecule has 6 heteroatoms. The van der Waals surface area contributed by atoms with E-state index in [1.807, 2.05) is 22.0 Å². The molecule has 124 valence electrons. The summed E-state index contributed by atoms with van der Waals surface area (Å²) in [4.78, 5) is 17.9. The van der Waals surface area contributed by atoms with E-state index in [2.05, 4.69) is 39.6 Å². The van der Waals surface area contributed by atoms with Crippen LogP contribution in [0.1, 0.15) is 24.8 Å². The molecule has 6 nitrogen and oxygen atoms in total. The molecule has 1 aliphatic heterocycles. The van der Waals surface area contributed by atoms with Crippen molar-refractivity contribution in [1.82, 2.24) is 24.9 Å². The second-order valence-corrected chi connectivity index (χ2v) is 6.41. The molecule has 4 rings (SSSR count). The highest BCUT2D eigenvalue weighted by Crippen LogP contribution is 2.21. The van der Waals surface area contributed by atoms with Crippen LogP contribution in [-0.4, -0.2) is 43.4 Å². The van der Waals surface area contributed by atoms with Crippen LogP contribution in [-0.2, 0) is 17.8 Å². The summed E-state index contributed by atoms with van der Waals surface area (Å²) in [5.41, 5.74) is 2.35. The maximum Gasteiger partial charge on any atom is 0.223 e. The molecule has 1 atom stereocenters. The SMILES string of the molecule is O=C(CCc1ccc2[nH]ccc2c1)N1CCC[C@H]1Cn1ccnn1. The number of aromatic amines is 1. The van der Waals surface area contributed by atoms with Crippen LogP contribution in [0.5, 0.6) is 0 Å². The molecule has 3 heterocycles. The number of benzene rings is 1. The van der Waals surface area contributed by atoms with Crippen molar-refractivity contribution in [2.45, 2.75) is 38.3 Å². The first kappa shape index (κ1) is 14.9. The van der Waals surface area contributed by atoms with Crippen LogP contribution in [0.15, 0.2) is 42.9 Å². The first-order chi connectivity index (χ1) is 11.8. The van der Waals surface area contributed by atoms with Gasteiger partial charge in [-0.15, -0.1) is 5.10 Å². The lowest BCUT2D eigenvalue weighted by molar-refractivity contribution is -0.132. The van der Waals surface area contributed by atoms with Crippen LogP contribution in [0, 0.1) is 0 Å². The summed E-state index contributed by atoms with van der Waals surface area (Å²) in [6.45, 7) is 1.59. The summed E-state index contributed by atoms with van der Waals surface area (Å²) in [5.74, 6) is 0.242. The quantitative estimate of drug-likeness (QED) is 0.784. The highest BCUT2D eigenvalue weighted by Gasteiger charge is 2.28. The highest BCUT2D eigenvalue weighted by molar-refractivity contribution is 5.80. The Hall–Kier alpha value is -2.63. The topological polar surface area (TPSA) is 66.8 Å². The van der Waals surface area contributed by atoms with Gasteiger partial charge in [-0.05, 0) is 48.4 Å². The van der Waals surface area contributed by atoms with Gasteiger partial charge in [0, 0.05) is 30.9 Å². The van der Waals surface area contributed by atoms with Crippen molar-refractivity contribution in [3.63, 3.8) is 0 Å². The Labute approximate surface area is 140 Å². The van der Waals surface area contributed by atoms with Gasteiger partial charge in [0.15, 0.2) is 0 Å². The zero-order valence-electron chi connectivity index (χ0n) is 13.6. The normalized spacial score (nSPS) is 17.7. The Morgan fingerprint density at radius 1 is 1.33 bits per heavy atom. The van der Waals surface area contributed by atoms with E-state index in [4.69, 9.17) is 0 Å². The summed E-state index contributed by atoms with van der Waals surface area (Å²) < 4.78 is 1.82. The van der Waals surface area contributed by atoms with Gasteiger partial charge in [0.25, 0.3) is 0 Å². The Bertz CT molecular complexity index is 823. The number of hydrogen-bond acceptors (Lipinski definition) is 3. The first-order valence-electron chi connectivity index (χ1n) is 8.49. The van der Waals surface area contributed by atoms with E-state index in [0.717, 1.165) is 37.9 Å². The molecule has 0 bridgehead atoms. The zero-order chi connectivity index (χ0) is 16.4. The molecule has 1 saturated heterocycles. The Kier molecular flexibility index (Phi) is 4.02. The van der Waals surface area contributed by atoms with E-state index in [-0.39, 0.29) is 11.9 Å². The predicted molar refractivity (Wildman–Crippen MR) is 91.4 cm³/mol. The summed E-state index contributed by atoms with van der Waals surface area (Å²) >= 11 is 0. The lowest BCUT2D eigenvalue weighted by Crippen LogP contribution is -2.38. The highest BCUT2D eigenvalue weighted by atomic mass is 16.2. The van der Waals surface area contributed by atoms with Crippen molar-refractivity contribution >= 4 is 16.8 Å². The lowest BCUT2D eigenvalue weighted by atomic mass is 10.1. The zero-order valence-corrected chi connectivity index (χ0v) is 13.6. The number of nitrogens with zero attached hydrogens (tertiary/aromatic N) is 4. The Morgan fingerprint density at radius 2 is 2.29 bits per heavy atom. The molecule has 0 spiro atoms. The van der Waals surface area contributed by atoms with Crippen molar-refractivity contribution in [1.29, 1.82) is 0 Å². The van der Waals surface area contributed by atoms with E-state index in [9.17, 15) is 4.79 Å². The third-order valence-electron chi connectivity index (χ3n) is 4.81. The fourth-order valence-corrected chi connectivity index (χ4v) is 3.55.